The second-order valence-corrected chi connectivity index (χ2v) is 6.22. The highest BCUT2D eigenvalue weighted by atomic mass is 32.1. The summed E-state index contributed by atoms with van der Waals surface area (Å²) in [5.41, 5.74) is 2.93. The van der Waals surface area contributed by atoms with Crippen LogP contribution in [0, 0.1) is 0 Å². The maximum absolute atomic E-state index is 5.48. The molecule has 1 heterocycles. The van der Waals surface area contributed by atoms with Crippen molar-refractivity contribution in [2.75, 3.05) is 20.8 Å². The number of hydrogen-bond donors (Lipinski definition) is 0. The van der Waals surface area contributed by atoms with Crippen LogP contribution in [-0.4, -0.2) is 31.7 Å². The van der Waals surface area contributed by atoms with E-state index < -0.39 is 0 Å². The topological polar surface area (TPSA) is 48.1 Å². The van der Waals surface area contributed by atoms with Gasteiger partial charge in [-0.3, -0.25) is 4.99 Å². The number of aromatic nitrogens is 1. The van der Waals surface area contributed by atoms with E-state index in [4.69, 9.17) is 9.47 Å². The third-order valence-corrected chi connectivity index (χ3v) is 4.65. The number of para-hydroxylation sites is 1. The minimum absolute atomic E-state index is 0.657. The van der Waals surface area contributed by atoms with Gasteiger partial charge in [0.1, 0.15) is 0 Å². The van der Waals surface area contributed by atoms with E-state index in [2.05, 4.69) is 27.6 Å². The first-order valence-corrected chi connectivity index (χ1v) is 9.18. The number of benzene rings is 2. The van der Waals surface area contributed by atoms with Crippen LogP contribution >= 0.6 is 11.3 Å². The molecular formula is C20H21N3O2S. The molecule has 0 atom stereocenters. The van der Waals surface area contributed by atoms with Gasteiger partial charge in [0, 0.05) is 23.1 Å². The summed E-state index contributed by atoms with van der Waals surface area (Å²) >= 11 is 1.57. The number of thiazole rings is 1. The van der Waals surface area contributed by atoms with Crippen LogP contribution in [0.5, 0.6) is 11.5 Å². The third kappa shape index (κ3) is 3.70. The molecule has 0 amide bonds. The van der Waals surface area contributed by atoms with E-state index in [9.17, 15) is 0 Å². The Bertz CT molecular complexity index is 959. The highest BCUT2D eigenvalue weighted by Gasteiger charge is 2.09. The lowest BCUT2D eigenvalue weighted by Crippen LogP contribution is -2.12. The molecule has 6 heteroatoms. The molecular weight excluding hydrogens is 346 g/mol. The van der Waals surface area contributed by atoms with Crippen LogP contribution in [0.15, 0.2) is 64.0 Å². The SMILES string of the molecule is CCN=c1scc(-c2ccccc2)n1/N=C\c1cccc(OC)c1OC. The number of hydrogen-bond acceptors (Lipinski definition) is 5. The summed E-state index contributed by atoms with van der Waals surface area (Å²) < 4.78 is 12.7. The molecule has 0 aliphatic heterocycles. The van der Waals surface area contributed by atoms with Gasteiger partial charge in [-0.25, -0.2) is 4.68 Å². The van der Waals surface area contributed by atoms with E-state index in [0.29, 0.717) is 18.0 Å². The molecule has 0 fully saturated rings. The van der Waals surface area contributed by atoms with Crippen LogP contribution in [0.25, 0.3) is 11.3 Å². The van der Waals surface area contributed by atoms with Gasteiger partial charge in [0.15, 0.2) is 11.5 Å². The van der Waals surface area contributed by atoms with E-state index in [0.717, 1.165) is 21.6 Å². The Morgan fingerprint density at radius 3 is 2.54 bits per heavy atom. The van der Waals surface area contributed by atoms with Gasteiger partial charge in [0.2, 0.25) is 4.80 Å². The molecule has 0 radical (unpaired) electrons. The van der Waals surface area contributed by atoms with Crippen molar-refractivity contribution < 1.29 is 9.47 Å². The molecule has 3 rings (SSSR count). The van der Waals surface area contributed by atoms with Crippen molar-refractivity contribution in [3.63, 3.8) is 0 Å². The highest BCUT2D eigenvalue weighted by Crippen LogP contribution is 2.29. The summed E-state index contributed by atoms with van der Waals surface area (Å²) in [6, 6.07) is 15.9. The van der Waals surface area contributed by atoms with Gasteiger partial charge in [-0.15, -0.1) is 11.3 Å². The number of ether oxygens (including phenoxy) is 2. The van der Waals surface area contributed by atoms with Crippen molar-refractivity contribution >= 4 is 17.6 Å². The van der Waals surface area contributed by atoms with Crippen molar-refractivity contribution in [2.24, 2.45) is 10.1 Å². The fraction of sp³-hybridized carbons (Fsp3) is 0.200. The van der Waals surface area contributed by atoms with Crippen LogP contribution < -0.4 is 14.3 Å². The average Bonchev–Trinajstić information content (AvgIpc) is 3.09. The van der Waals surface area contributed by atoms with Crippen molar-refractivity contribution in [1.29, 1.82) is 0 Å². The smallest absolute Gasteiger partial charge is 0.206 e. The Kier molecular flexibility index (Phi) is 5.86. The minimum atomic E-state index is 0.657. The largest absolute Gasteiger partial charge is 0.493 e. The summed E-state index contributed by atoms with van der Waals surface area (Å²) in [6.45, 7) is 2.72. The van der Waals surface area contributed by atoms with Gasteiger partial charge < -0.3 is 9.47 Å². The Morgan fingerprint density at radius 1 is 1.04 bits per heavy atom. The molecule has 0 spiro atoms. The molecule has 0 bridgehead atoms. The quantitative estimate of drug-likeness (QED) is 0.618. The molecule has 0 saturated carbocycles. The molecule has 0 N–H and O–H groups in total. The maximum atomic E-state index is 5.48. The normalized spacial score (nSPS) is 11.9. The Balaban J connectivity index is 2.09. The summed E-state index contributed by atoms with van der Waals surface area (Å²) in [5, 5.41) is 6.76. The van der Waals surface area contributed by atoms with Crippen molar-refractivity contribution in [3.8, 4) is 22.8 Å². The fourth-order valence-corrected chi connectivity index (χ4v) is 3.50. The van der Waals surface area contributed by atoms with E-state index in [-0.39, 0.29) is 0 Å². The van der Waals surface area contributed by atoms with Gasteiger partial charge in [0.05, 0.1) is 26.1 Å². The van der Waals surface area contributed by atoms with E-state index in [1.807, 2.05) is 48.0 Å². The standard InChI is InChI=1S/C20H21N3O2S/c1-4-21-20-23(17(14-26-20)15-9-6-5-7-10-15)22-13-16-11-8-12-18(24-2)19(16)25-3/h5-14H,4H2,1-3H3/b21-20?,22-13-. The van der Waals surface area contributed by atoms with Crippen LogP contribution in [-0.2, 0) is 0 Å². The molecule has 1 aromatic heterocycles. The number of nitrogens with zero attached hydrogens (tertiary/aromatic N) is 3. The molecule has 134 valence electrons. The Morgan fingerprint density at radius 2 is 1.85 bits per heavy atom. The Labute approximate surface area is 156 Å². The molecule has 2 aromatic carbocycles. The predicted octanol–water partition coefficient (Wildman–Crippen LogP) is 4.04. The third-order valence-electron chi connectivity index (χ3n) is 3.79. The molecule has 0 aliphatic carbocycles. The molecule has 5 nitrogen and oxygen atoms in total. The van der Waals surface area contributed by atoms with Crippen LogP contribution in [0.1, 0.15) is 12.5 Å². The van der Waals surface area contributed by atoms with Gasteiger partial charge in [-0.2, -0.15) is 5.10 Å². The van der Waals surface area contributed by atoms with Crippen LogP contribution in [0.4, 0.5) is 0 Å². The van der Waals surface area contributed by atoms with E-state index in [1.165, 1.54) is 0 Å². The molecule has 3 aromatic rings. The first-order chi connectivity index (χ1) is 12.8. The van der Waals surface area contributed by atoms with Gasteiger partial charge in [0.25, 0.3) is 0 Å². The first-order valence-electron chi connectivity index (χ1n) is 8.30. The van der Waals surface area contributed by atoms with Crippen LogP contribution in [0.3, 0.4) is 0 Å². The van der Waals surface area contributed by atoms with Gasteiger partial charge >= 0.3 is 0 Å². The van der Waals surface area contributed by atoms with Gasteiger partial charge in [-0.1, -0.05) is 36.4 Å². The zero-order chi connectivity index (χ0) is 18.4. The lowest BCUT2D eigenvalue weighted by Gasteiger charge is -2.09. The zero-order valence-corrected chi connectivity index (χ0v) is 15.9. The molecule has 0 saturated heterocycles. The zero-order valence-electron chi connectivity index (χ0n) is 15.0. The number of rotatable bonds is 6. The minimum Gasteiger partial charge on any atom is -0.493 e. The fourth-order valence-electron chi connectivity index (χ4n) is 2.60. The summed E-state index contributed by atoms with van der Waals surface area (Å²) in [4.78, 5) is 5.40. The number of methoxy groups -OCH3 is 2. The molecule has 0 aliphatic rings. The molecule has 26 heavy (non-hydrogen) atoms. The summed E-state index contributed by atoms with van der Waals surface area (Å²) in [5.74, 6) is 1.33. The van der Waals surface area contributed by atoms with Crippen LogP contribution in [0.2, 0.25) is 0 Å². The lowest BCUT2D eigenvalue weighted by molar-refractivity contribution is 0.354. The monoisotopic (exact) mass is 367 g/mol. The second kappa shape index (κ2) is 8.49. The molecule has 0 unspecified atom stereocenters. The summed E-state index contributed by atoms with van der Waals surface area (Å²) in [6.07, 6.45) is 1.77. The summed E-state index contributed by atoms with van der Waals surface area (Å²) in [7, 11) is 3.25. The van der Waals surface area contributed by atoms with E-state index in [1.54, 1.807) is 31.8 Å². The van der Waals surface area contributed by atoms with E-state index >= 15 is 0 Å². The average molecular weight is 367 g/mol. The Hall–Kier alpha value is -2.86. The van der Waals surface area contributed by atoms with Gasteiger partial charge in [-0.05, 0) is 19.1 Å². The first kappa shape index (κ1) is 17.9. The predicted molar refractivity (Wildman–Crippen MR) is 106 cm³/mol. The highest BCUT2D eigenvalue weighted by molar-refractivity contribution is 7.07. The lowest BCUT2D eigenvalue weighted by atomic mass is 10.2. The second-order valence-electron chi connectivity index (χ2n) is 5.38. The van der Waals surface area contributed by atoms with Crippen molar-refractivity contribution in [1.82, 2.24) is 4.68 Å². The van der Waals surface area contributed by atoms with Crippen molar-refractivity contribution in [2.45, 2.75) is 6.92 Å². The van der Waals surface area contributed by atoms with Crippen molar-refractivity contribution in [3.05, 3.63) is 64.3 Å². The maximum Gasteiger partial charge on any atom is 0.206 e.